The number of benzene rings is 1. The van der Waals surface area contributed by atoms with Crippen molar-refractivity contribution in [3.8, 4) is 0 Å². The molecule has 3 fully saturated rings. The van der Waals surface area contributed by atoms with Crippen LogP contribution in [0.4, 0.5) is 10.5 Å². The number of ether oxygens (including phenoxy) is 6. The van der Waals surface area contributed by atoms with Crippen molar-refractivity contribution in [1.29, 1.82) is 0 Å². The van der Waals surface area contributed by atoms with Gasteiger partial charge in [0, 0.05) is 63.3 Å². The van der Waals surface area contributed by atoms with Crippen molar-refractivity contribution in [2.24, 2.45) is 17.8 Å². The SMILES string of the molecule is CC[C@H]1OC(=O)[C@H](C)[C@@H](O[C@H]2C[C@@](C)(OC)[C@@H](O)[C@H](C)O2)[C@H](C)[C@@H](O[C@@H]2O[C@H](C)C[C@H](N(C)CCNC(=O)N[C@H](CO)[C@H](O)c3ccc([N+](=O)[O-])cc3)[C@H]2O)[C@](C)(O)C[C@@H](C)CN(C)[C@H](C)[C@@H](O)[C@]1(C)O. The van der Waals surface area contributed by atoms with Crippen LogP contribution in [0.25, 0.3) is 0 Å². The smallest absolute Gasteiger partial charge is 0.315 e. The number of non-ortho nitro benzene ring substituents is 1. The summed E-state index contributed by atoms with van der Waals surface area (Å²) in [4.78, 5) is 41.6. The number of aliphatic hydroxyl groups excluding tert-OH is 5. The fourth-order valence-corrected chi connectivity index (χ4v) is 10.6. The number of amides is 2. The molecule has 0 aliphatic carbocycles. The lowest BCUT2D eigenvalue weighted by atomic mass is 9.77. The molecule has 0 aromatic heterocycles. The average Bonchev–Trinajstić information content (AvgIpc) is 3.31. The van der Waals surface area contributed by atoms with Gasteiger partial charge in [-0.2, -0.15) is 0 Å². The number of hydrogen-bond acceptors (Lipinski definition) is 19. The Morgan fingerprint density at radius 1 is 1.01 bits per heavy atom. The molecule has 408 valence electrons. The molecule has 9 N–H and O–H groups in total. The third-order valence-electron chi connectivity index (χ3n) is 15.2. The average molecular weight is 1020 g/mol. The highest BCUT2D eigenvalue weighted by Crippen LogP contribution is 2.40. The molecule has 1 aromatic carbocycles. The van der Waals surface area contributed by atoms with Crippen LogP contribution >= 0.6 is 0 Å². The van der Waals surface area contributed by atoms with Crippen molar-refractivity contribution in [3.05, 3.63) is 39.9 Å². The molecule has 0 bridgehead atoms. The molecular formula is C49H85N5O17. The zero-order valence-corrected chi connectivity index (χ0v) is 43.8. The van der Waals surface area contributed by atoms with Gasteiger partial charge in [-0.15, -0.1) is 0 Å². The number of urea groups is 1. The fraction of sp³-hybridized carbons (Fsp3) is 0.837. The summed E-state index contributed by atoms with van der Waals surface area (Å²) >= 11 is 0. The molecule has 0 saturated carbocycles. The van der Waals surface area contributed by atoms with E-state index in [1.165, 1.54) is 38.3 Å². The van der Waals surface area contributed by atoms with Crippen molar-refractivity contribution in [2.75, 3.05) is 47.4 Å². The molecule has 0 unspecified atom stereocenters. The molecule has 3 aliphatic rings. The zero-order chi connectivity index (χ0) is 53.5. The molecule has 20 atom stereocenters. The zero-order valence-electron chi connectivity index (χ0n) is 43.8. The van der Waals surface area contributed by atoms with Crippen LogP contribution in [0.5, 0.6) is 0 Å². The Hall–Kier alpha value is -3.20. The highest BCUT2D eigenvalue weighted by atomic mass is 16.7. The molecule has 22 nitrogen and oxygen atoms in total. The first kappa shape index (κ1) is 60.4. The van der Waals surface area contributed by atoms with Crippen LogP contribution in [-0.4, -0.2) is 206 Å². The molecule has 0 spiro atoms. The second-order valence-corrected chi connectivity index (χ2v) is 21.2. The highest BCUT2D eigenvalue weighted by molar-refractivity contribution is 5.74. The molecule has 3 heterocycles. The normalized spacial score (nSPS) is 40.2. The van der Waals surface area contributed by atoms with Gasteiger partial charge in [0.2, 0.25) is 0 Å². The monoisotopic (exact) mass is 1020 g/mol. The fourth-order valence-electron chi connectivity index (χ4n) is 10.6. The second kappa shape index (κ2) is 25.4. The summed E-state index contributed by atoms with van der Waals surface area (Å²) in [6.45, 7) is 17.1. The lowest BCUT2D eigenvalue weighted by Crippen LogP contribution is -2.61. The van der Waals surface area contributed by atoms with Crippen molar-refractivity contribution in [1.82, 2.24) is 20.4 Å². The number of rotatable bonds is 15. The number of carbonyl (C=O) groups is 2. The number of nitro groups is 1. The van der Waals surface area contributed by atoms with E-state index >= 15 is 0 Å². The Morgan fingerprint density at radius 2 is 1.65 bits per heavy atom. The van der Waals surface area contributed by atoms with Gasteiger partial charge in [-0.1, -0.05) is 20.8 Å². The van der Waals surface area contributed by atoms with E-state index in [-0.39, 0.29) is 49.5 Å². The summed E-state index contributed by atoms with van der Waals surface area (Å²) in [6, 6.07) is 2.05. The molecule has 3 saturated heterocycles. The van der Waals surface area contributed by atoms with Crippen molar-refractivity contribution < 1.29 is 78.7 Å². The minimum absolute atomic E-state index is 0.0559. The van der Waals surface area contributed by atoms with Crippen LogP contribution in [0.1, 0.15) is 107 Å². The number of nitrogens with zero attached hydrogens (tertiary/aromatic N) is 3. The van der Waals surface area contributed by atoms with E-state index in [2.05, 4.69) is 10.6 Å². The summed E-state index contributed by atoms with van der Waals surface area (Å²) in [5, 5.41) is 96.5. The van der Waals surface area contributed by atoms with Crippen LogP contribution in [0, 0.1) is 27.9 Å². The Labute approximate surface area is 418 Å². The number of esters is 1. The third kappa shape index (κ3) is 14.8. The van der Waals surface area contributed by atoms with Crippen molar-refractivity contribution >= 4 is 17.7 Å². The standard InChI is InChI=1S/C49H85N5O17/c1-14-36-49(10,63)41(58)30(6)53(12)24-26(2)22-47(8,62)43(28(4)40(29(5)44(60)69-36)70-37-23-48(9,66-13)42(59)31(7)68-37)71-45-39(57)35(21-27(3)67-45)52(11)20-19-50-46(61)51-34(25-55)38(56)32-15-17-33(18-16-32)54(64)65/h15-18,26-31,34-43,45,55-59,62-63H,14,19-25H2,1-13H3,(H2,50,51,61)/t26-,27-,28+,29-,30-,31+,34-,35+,36-,37+,38-,39-,40+,41-,42+,43-,45+,47-,48-,49-/m1/s1. The van der Waals surface area contributed by atoms with Crippen molar-refractivity contribution in [2.45, 2.75) is 197 Å². The van der Waals surface area contributed by atoms with E-state index in [1.807, 2.05) is 23.6 Å². The summed E-state index contributed by atoms with van der Waals surface area (Å²) in [6.07, 6.45) is -11.4. The summed E-state index contributed by atoms with van der Waals surface area (Å²) < 4.78 is 37.9. The Bertz CT molecular complexity index is 1870. The number of carbonyl (C=O) groups excluding carboxylic acids is 2. The second-order valence-electron chi connectivity index (χ2n) is 21.2. The molecule has 3 aliphatic heterocycles. The highest BCUT2D eigenvalue weighted by Gasteiger charge is 2.53. The van der Waals surface area contributed by atoms with Crippen molar-refractivity contribution in [3.63, 3.8) is 0 Å². The molecule has 4 rings (SSSR count). The first-order valence-corrected chi connectivity index (χ1v) is 24.9. The lowest BCUT2D eigenvalue weighted by Gasteiger charge is -2.49. The summed E-state index contributed by atoms with van der Waals surface area (Å²) in [7, 11) is 5.02. The maximum atomic E-state index is 14.4. The first-order valence-electron chi connectivity index (χ1n) is 24.9. The Morgan fingerprint density at radius 3 is 2.23 bits per heavy atom. The molecular weight excluding hydrogens is 931 g/mol. The lowest BCUT2D eigenvalue weighted by molar-refractivity contribution is -0.384. The van der Waals surface area contributed by atoms with Crippen LogP contribution in [0.2, 0.25) is 0 Å². The number of nitro benzene ring substituents is 1. The molecule has 22 heteroatoms. The van der Waals surface area contributed by atoms with E-state index < -0.39 is 138 Å². The van der Waals surface area contributed by atoms with Gasteiger partial charge in [0.05, 0.1) is 59.1 Å². The first-order chi connectivity index (χ1) is 33.0. The molecule has 2 amide bonds. The van der Waals surface area contributed by atoms with E-state index in [0.717, 1.165) is 0 Å². The van der Waals surface area contributed by atoms with Crippen LogP contribution in [0.3, 0.4) is 0 Å². The number of cyclic esters (lactones) is 1. The van der Waals surface area contributed by atoms with E-state index in [1.54, 1.807) is 62.6 Å². The predicted octanol–water partition coefficient (Wildman–Crippen LogP) is 1.57. The van der Waals surface area contributed by atoms with Crippen LogP contribution in [0.15, 0.2) is 24.3 Å². The van der Waals surface area contributed by atoms with E-state index in [9.17, 15) is 55.4 Å². The van der Waals surface area contributed by atoms with Crippen LogP contribution < -0.4 is 10.6 Å². The van der Waals surface area contributed by atoms with Gasteiger partial charge in [-0.05, 0) is 105 Å². The van der Waals surface area contributed by atoms with Gasteiger partial charge in [-0.3, -0.25) is 19.8 Å². The Kier molecular flexibility index (Phi) is 21.6. The van der Waals surface area contributed by atoms with Gasteiger partial charge in [0.25, 0.3) is 5.69 Å². The van der Waals surface area contributed by atoms with Gasteiger partial charge in [0.1, 0.15) is 36.1 Å². The summed E-state index contributed by atoms with van der Waals surface area (Å²) in [5.41, 5.74) is -4.61. The number of likely N-dealkylation sites (N-methyl/N-ethyl adjacent to an activating group) is 2. The van der Waals surface area contributed by atoms with Crippen LogP contribution in [-0.2, 0) is 33.2 Å². The van der Waals surface area contributed by atoms with Gasteiger partial charge in [-0.25, -0.2) is 4.79 Å². The topological polar surface area (TPSA) is 305 Å². The largest absolute Gasteiger partial charge is 0.459 e. The molecule has 71 heavy (non-hydrogen) atoms. The number of nitrogens with one attached hydrogen (secondary N) is 2. The third-order valence-corrected chi connectivity index (χ3v) is 15.2. The Balaban J connectivity index is 1.63. The minimum Gasteiger partial charge on any atom is -0.459 e. The summed E-state index contributed by atoms with van der Waals surface area (Å²) in [5.74, 6) is -3.02. The minimum atomic E-state index is -1.87. The molecule has 0 radical (unpaired) electrons. The van der Waals surface area contributed by atoms with E-state index in [0.29, 0.717) is 13.0 Å². The van der Waals surface area contributed by atoms with Gasteiger partial charge in [0.15, 0.2) is 12.6 Å². The number of methoxy groups -OCH3 is 1. The number of aliphatic hydroxyl groups is 7. The predicted molar refractivity (Wildman–Crippen MR) is 259 cm³/mol. The van der Waals surface area contributed by atoms with E-state index in [4.69, 9.17) is 28.4 Å². The quantitative estimate of drug-likeness (QED) is 0.0684. The molecule has 1 aromatic rings. The van der Waals surface area contributed by atoms with Gasteiger partial charge >= 0.3 is 12.0 Å². The maximum absolute atomic E-state index is 14.4. The number of hydrogen-bond donors (Lipinski definition) is 9. The van der Waals surface area contributed by atoms with Gasteiger partial charge < -0.3 is 79.7 Å². The maximum Gasteiger partial charge on any atom is 0.315 e.